The van der Waals surface area contributed by atoms with Crippen molar-refractivity contribution in [1.29, 1.82) is 0 Å². The van der Waals surface area contributed by atoms with Gasteiger partial charge in [-0.05, 0) is 43.0 Å². The van der Waals surface area contributed by atoms with Crippen molar-refractivity contribution in [3.05, 3.63) is 35.1 Å². The van der Waals surface area contributed by atoms with Gasteiger partial charge in [-0.25, -0.2) is 4.39 Å². The van der Waals surface area contributed by atoms with E-state index in [1.165, 1.54) is 6.07 Å². The lowest BCUT2D eigenvalue weighted by Crippen LogP contribution is -2.52. The van der Waals surface area contributed by atoms with E-state index in [-0.39, 0.29) is 23.8 Å². The average Bonchev–Trinajstić information content (AvgIpc) is 2.29. The molecule has 0 saturated heterocycles. The zero-order chi connectivity index (χ0) is 13.1. The molecule has 0 spiro atoms. The first-order valence-corrected chi connectivity index (χ1v) is 6.09. The molecule has 0 aliphatic carbocycles. The fourth-order valence-electron chi connectivity index (χ4n) is 1.64. The molecule has 0 fully saturated rings. The summed E-state index contributed by atoms with van der Waals surface area (Å²) >= 11 is 0. The Kier molecular flexibility index (Phi) is 6.82. The van der Waals surface area contributed by atoms with Crippen molar-refractivity contribution in [2.75, 3.05) is 6.54 Å². The van der Waals surface area contributed by atoms with E-state index in [9.17, 15) is 4.39 Å². The summed E-state index contributed by atoms with van der Waals surface area (Å²) in [5, 5.41) is 3.44. The molecule has 1 atom stereocenters. The highest BCUT2D eigenvalue weighted by atomic mass is 35.5. The monoisotopic (exact) mass is 274 g/mol. The van der Waals surface area contributed by atoms with Crippen molar-refractivity contribution in [3.8, 4) is 0 Å². The number of hydrogen-bond acceptors (Lipinski definition) is 2. The van der Waals surface area contributed by atoms with E-state index in [4.69, 9.17) is 5.73 Å². The first-order chi connectivity index (χ1) is 7.89. The van der Waals surface area contributed by atoms with Crippen LogP contribution in [0.4, 0.5) is 4.39 Å². The quantitative estimate of drug-likeness (QED) is 0.866. The van der Waals surface area contributed by atoms with Crippen molar-refractivity contribution in [2.24, 2.45) is 11.7 Å². The van der Waals surface area contributed by atoms with Gasteiger partial charge in [0.05, 0.1) is 0 Å². The molecule has 1 aromatic carbocycles. The van der Waals surface area contributed by atoms with Crippen LogP contribution in [0.25, 0.3) is 0 Å². The highest BCUT2D eigenvalue weighted by Crippen LogP contribution is 2.17. The zero-order valence-corrected chi connectivity index (χ0v) is 12.4. The molecule has 0 heterocycles. The second-order valence-corrected chi connectivity index (χ2v) is 5.20. The second-order valence-electron chi connectivity index (χ2n) is 5.20. The van der Waals surface area contributed by atoms with Crippen LogP contribution in [0.3, 0.4) is 0 Å². The molecule has 0 amide bonds. The molecule has 4 heteroatoms. The Balaban J connectivity index is 0.00000289. The maximum atomic E-state index is 13.2. The second kappa shape index (κ2) is 7.07. The van der Waals surface area contributed by atoms with E-state index in [1.807, 2.05) is 13.0 Å². The Morgan fingerprint density at radius 1 is 1.39 bits per heavy atom. The fraction of sp³-hybridized carbons (Fsp3) is 0.571. The lowest BCUT2D eigenvalue weighted by molar-refractivity contribution is 0.267. The highest BCUT2D eigenvalue weighted by molar-refractivity contribution is 5.85. The molecule has 0 saturated carbocycles. The van der Waals surface area contributed by atoms with Gasteiger partial charge in [-0.1, -0.05) is 19.9 Å². The molecule has 104 valence electrons. The van der Waals surface area contributed by atoms with Gasteiger partial charge in [0.25, 0.3) is 0 Å². The van der Waals surface area contributed by atoms with Gasteiger partial charge in [-0.15, -0.1) is 12.4 Å². The number of hydrogen-bond donors (Lipinski definition) is 2. The number of nitrogens with one attached hydrogen (secondary N) is 1. The van der Waals surface area contributed by atoms with Gasteiger partial charge in [0, 0.05) is 18.6 Å². The molecule has 2 nitrogen and oxygen atoms in total. The first-order valence-electron chi connectivity index (χ1n) is 6.09. The minimum Gasteiger partial charge on any atom is -0.329 e. The van der Waals surface area contributed by atoms with Crippen LogP contribution in [0.2, 0.25) is 0 Å². The standard InChI is InChI=1S/C14H23FN2.ClH/c1-10(2)14(4,9-16)17-8-12-7-13(15)6-5-11(12)3;/h5-7,10,17H,8-9,16H2,1-4H3;1H. The summed E-state index contributed by atoms with van der Waals surface area (Å²) in [7, 11) is 0. The van der Waals surface area contributed by atoms with E-state index in [0.29, 0.717) is 19.0 Å². The summed E-state index contributed by atoms with van der Waals surface area (Å²) in [6.07, 6.45) is 0. The predicted octanol–water partition coefficient (Wildman–Crippen LogP) is 3.02. The maximum absolute atomic E-state index is 13.2. The fourth-order valence-corrected chi connectivity index (χ4v) is 1.64. The number of benzene rings is 1. The molecule has 0 aromatic heterocycles. The molecule has 0 aliphatic rings. The van der Waals surface area contributed by atoms with Crippen LogP contribution in [0.5, 0.6) is 0 Å². The van der Waals surface area contributed by atoms with E-state index in [0.717, 1.165) is 11.1 Å². The van der Waals surface area contributed by atoms with E-state index in [2.05, 4.69) is 26.1 Å². The lowest BCUT2D eigenvalue weighted by atomic mass is 9.88. The number of nitrogens with two attached hydrogens (primary N) is 1. The SMILES string of the molecule is Cc1ccc(F)cc1CNC(C)(CN)C(C)C.Cl. The minimum atomic E-state index is -0.189. The van der Waals surface area contributed by atoms with Crippen LogP contribution in [-0.2, 0) is 6.54 Å². The molecule has 1 rings (SSSR count). The molecule has 18 heavy (non-hydrogen) atoms. The van der Waals surface area contributed by atoms with Crippen molar-refractivity contribution < 1.29 is 4.39 Å². The average molecular weight is 275 g/mol. The highest BCUT2D eigenvalue weighted by Gasteiger charge is 2.25. The normalized spacial score (nSPS) is 14.2. The Morgan fingerprint density at radius 2 is 2.00 bits per heavy atom. The Labute approximate surface area is 116 Å². The van der Waals surface area contributed by atoms with Gasteiger partial charge in [0.1, 0.15) is 5.82 Å². The van der Waals surface area contributed by atoms with Gasteiger partial charge in [0.2, 0.25) is 0 Å². The smallest absolute Gasteiger partial charge is 0.123 e. The topological polar surface area (TPSA) is 38.0 Å². The Hall–Kier alpha value is -0.640. The zero-order valence-electron chi connectivity index (χ0n) is 11.6. The first kappa shape index (κ1) is 17.4. The molecular formula is C14H24ClFN2. The number of halogens is 2. The number of rotatable bonds is 5. The third-order valence-electron chi connectivity index (χ3n) is 3.69. The van der Waals surface area contributed by atoms with Crippen molar-refractivity contribution in [1.82, 2.24) is 5.32 Å². The molecule has 0 radical (unpaired) electrons. The van der Waals surface area contributed by atoms with Crippen LogP contribution in [0.1, 0.15) is 31.9 Å². The van der Waals surface area contributed by atoms with Crippen molar-refractivity contribution >= 4 is 12.4 Å². The minimum absolute atomic E-state index is 0. The predicted molar refractivity (Wildman–Crippen MR) is 77.5 cm³/mol. The van der Waals surface area contributed by atoms with E-state index in [1.54, 1.807) is 6.07 Å². The summed E-state index contributed by atoms with van der Waals surface area (Å²) < 4.78 is 13.2. The van der Waals surface area contributed by atoms with Gasteiger partial charge < -0.3 is 11.1 Å². The third kappa shape index (κ3) is 4.23. The van der Waals surface area contributed by atoms with Gasteiger partial charge in [-0.2, -0.15) is 0 Å². The molecule has 1 aromatic rings. The van der Waals surface area contributed by atoms with Crippen LogP contribution >= 0.6 is 12.4 Å². The maximum Gasteiger partial charge on any atom is 0.123 e. The molecule has 3 N–H and O–H groups in total. The van der Waals surface area contributed by atoms with E-state index >= 15 is 0 Å². The molecule has 0 aliphatic heterocycles. The molecule has 1 unspecified atom stereocenters. The molecule has 0 bridgehead atoms. The Bertz CT molecular complexity index is 382. The van der Waals surface area contributed by atoms with Gasteiger partial charge in [0.15, 0.2) is 0 Å². The summed E-state index contributed by atoms with van der Waals surface area (Å²) in [5.41, 5.74) is 7.78. The summed E-state index contributed by atoms with van der Waals surface area (Å²) in [4.78, 5) is 0. The van der Waals surface area contributed by atoms with Crippen molar-refractivity contribution in [3.63, 3.8) is 0 Å². The van der Waals surface area contributed by atoms with Crippen LogP contribution < -0.4 is 11.1 Å². The molecular weight excluding hydrogens is 251 g/mol. The van der Waals surface area contributed by atoms with Crippen molar-refractivity contribution in [2.45, 2.75) is 39.8 Å². The van der Waals surface area contributed by atoms with Gasteiger partial charge >= 0.3 is 0 Å². The number of aryl methyl sites for hydroxylation is 1. The van der Waals surface area contributed by atoms with Gasteiger partial charge in [-0.3, -0.25) is 0 Å². The van der Waals surface area contributed by atoms with Crippen LogP contribution in [-0.4, -0.2) is 12.1 Å². The Morgan fingerprint density at radius 3 is 2.50 bits per heavy atom. The summed E-state index contributed by atoms with van der Waals surface area (Å²) in [6, 6.07) is 4.88. The van der Waals surface area contributed by atoms with Crippen LogP contribution in [0.15, 0.2) is 18.2 Å². The largest absolute Gasteiger partial charge is 0.329 e. The van der Waals surface area contributed by atoms with E-state index < -0.39 is 0 Å². The summed E-state index contributed by atoms with van der Waals surface area (Å²) in [5.74, 6) is 0.243. The van der Waals surface area contributed by atoms with Crippen LogP contribution in [0, 0.1) is 18.7 Å². The lowest BCUT2D eigenvalue weighted by Gasteiger charge is -2.34. The summed E-state index contributed by atoms with van der Waals surface area (Å²) in [6.45, 7) is 9.59. The third-order valence-corrected chi connectivity index (χ3v) is 3.69.